The Morgan fingerprint density at radius 1 is 1.16 bits per heavy atom. The van der Waals surface area contributed by atoms with Crippen molar-refractivity contribution in [2.24, 2.45) is 5.92 Å². The molecule has 166 valence electrons. The van der Waals surface area contributed by atoms with Crippen LogP contribution >= 0.6 is 0 Å². The maximum atomic E-state index is 13.2. The summed E-state index contributed by atoms with van der Waals surface area (Å²) in [6.45, 7) is 6.70. The highest BCUT2D eigenvalue weighted by atomic mass is 32.2. The van der Waals surface area contributed by atoms with Crippen molar-refractivity contribution in [2.45, 2.75) is 56.6 Å². The minimum atomic E-state index is -3.60. The van der Waals surface area contributed by atoms with Crippen molar-refractivity contribution in [3.05, 3.63) is 59.7 Å². The fourth-order valence-electron chi connectivity index (χ4n) is 4.51. The van der Waals surface area contributed by atoms with Gasteiger partial charge >= 0.3 is 0 Å². The van der Waals surface area contributed by atoms with Gasteiger partial charge < -0.3 is 10.1 Å². The van der Waals surface area contributed by atoms with E-state index in [9.17, 15) is 13.2 Å². The van der Waals surface area contributed by atoms with E-state index in [1.807, 2.05) is 32.9 Å². The fourth-order valence-corrected chi connectivity index (χ4v) is 6.05. The van der Waals surface area contributed by atoms with Gasteiger partial charge in [0.25, 0.3) is 0 Å². The second kappa shape index (κ2) is 8.28. The molecule has 1 amide bonds. The van der Waals surface area contributed by atoms with Gasteiger partial charge in [-0.2, -0.15) is 4.31 Å². The average molecular weight is 443 g/mol. The Labute approximate surface area is 184 Å². The van der Waals surface area contributed by atoms with Gasteiger partial charge in [-0.1, -0.05) is 35.9 Å². The van der Waals surface area contributed by atoms with Gasteiger partial charge in [0.15, 0.2) is 0 Å². The van der Waals surface area contributed by atoms with Crippen molar-refractivity contribution in [1.82, 2.24) is 9.62 Å². The number of ether oxygens (including phenoxy) is 1. The standard InChI is InChI=1S/C24H30N2O4S/c1-17-11-12-22-20(14-17)21(15-24(2,3)30-22)25-23(27)18-8-7-13-26(16-18)31(28,29)19-9-5-4-6-10-19/h4-6,9-12,14,18,21H,7-8,13,15-16H2,1-3H3,(H,25,27)/t18-,21-/m1/s1. The molecule has 2 aliphatic rings. The fraction of sp³-hybridized carbons (Fsp3) is 0.458. The van der Waals surface area contributed by atoms with Gasteiger partial charge in [-0.05, 0) is 51.8 Å². The van der Waals surface area contributed by atoms with E-state index >= 15 is 0 Å². The summed E-state index contributed by atoms with van der Waals surface area (Å²) >= 11 is 0. The number of aryl methyl sites for hydroxylation is 1. The van der Waals surface area contributed by atoms with Crippen LogP contribution in [0.15, 0.2) is 53.4 Å². The lowest BCUT2D eigenvalue weighted by molar-refractivity contribution is -0.127. The molecule has 1 N–H and O–H groups in total. The van der Waals surface area contributed by atoms with Gasteiger partial charge in [0, 0.05) is 25.1 Å². The lowest BCUT2D eigenvalue weighted by Crippen LogP contribution is -2.48. The largest absolute Gasteiger partial charge is 0.487 e. The summed E-state index contributed by atoms with van der Waals surface area (Å²) in [7, 11) is -3.60. The van der Waals surface area contributed by atoms with Gasteiger partial charge in [0.05, 0.1) is 16.9 Å². The Bertz CT molecular complexity index is 1070. The number of carbonyl (C=O) groups excluding carboxylic acids is 1. The van der Waals surface area contributed by atoms with E-state index in [2.05, 4.69) is 11.4 Å². The third-order valence-corrected chi connectivity index (χ3v) is 7.95. The molecule has 2 aromatic rings. The molecule has 0 aliphatic carbocycles. The van der Waals surface area contributed by atoms with Crippen LogP contribution in [0.25, 0.3) is 0 Å². The Kier molecular flexibility index (Phi) is 5.83. The minimum Gasteiger partial charge on any atom is -0.487 e. The maximum Gasteiger partial charge on any atom is 0.243 e. The first-order valence-electron chi connectivity index (χ1n) is 10.8. The van der Waals surface area contributed by atoms with Crippen LogP contribution in [0.4, 0.5) is 0 Å². The monoisotopic (exact) mass is 442 g/mol. The quantitative estimate of drug-likeness (QED) is 0.781. The van der Waals surface area contributed by atoms with Crippen molar-refractivity contribution < 1.29 is 17.9 Å². The Hall–Kier alpha value is -2.38. The molecule has 2 aromatic carbocycles. The van der Waals surface area contributed by atoms with Crippen molar-refractivity contribution in [3.63, 3.8) is 0 Å². The number of nitrogens with one attached hydrogen (secondary N) is 1. The summed E-state index contributed by atoms with van der Waals surface area (Å²) in [5.74, 6) is 0.332. The molecule has 0 unspecified atom stereocenters. The summed E-state index contributed by atoms with van der Waals surface area (Å²) in [6.07, 6.45) is 2.01. The topological polar surface area (TPSA) is 75.7 Å². The van der Waals surface area contributed by atoms with Crippen LogP contribution in [0, 0.1) is 12.8 Å². The number of benzene rings is 2. The Balaban J connectivity index is 1.51. The first-order valence-corrected chi connectivity index (χ1v) is 12.2. The lowest BCUT2D eigenvalue weighted by Gasteiger charge is -2.39. The van der Waals surface area contributed by atoms with Crippen LogP contribution in [0.5, 0.6) is 5.75 Å². The minimum absolute atomic E-state index is 0.0943. The van der Waals surface area contributed by atoms with E-state index in [0.29, 0.717) is 25.8 Å². The van der Waals surface area contributed by atoms with Crippen molar-refractivity contribution >= 4 is 15.9 Å². The van der Waals surface area contributed by atoms with Crippen LogP contribution in [0.2, 0.25) is 0 Å². The van der Waals surface area contributed by atoms with E-state index in [4.69, 9.17) is 4.74 Å². The first kappa shape index (κ1) is 21.8. The molecule has 0 radical (unpaired) electrons. The number of carbonyl (C=O) groups is 1. The maximum absolute atomic E-state index is 13.2. The van der Waals surface area contributed by atoms with Crippen molar-refractivity contribution in [3.8, 4) is 5.75 Å². The zero-order valence-electron chi connectivity index (χ0n) is 18.3. The highest BCUT2D eigenvalue weighted by Crippen LogP contribution is 2.40. The molecule has 6 nitrogen and oxygen atoms in total. The van der Waals surface area contributed by atoms with Crippen molar-refractivity contribution in [2.75, 3.05) is 13.1 Å². The van der Waals surface area contributed by atoms with Gasteiger partial charge in [-0.25, -0.2) is 8.42 Å². The average Bonchev–Trinajstić information content (AvgIpc) is 2.74. The Morgan fingerprint density at radius 3 is 2.65 bits per heavy atom. The van der Waals surface area contributed by atoms with E-state index < -0.39 is 15.6 Å². The third-order valence-electron chi connectivity index (χ3n) is 6.08. The summed E-state index contributed by atoms with van der Waals surface area (Å²) in [6, 6.07) is 14.3. The Morgan fingerprint density at radius 2 is 1.90 bits per heavy atom. The number of nitrogens with zero attached hydrogens (tertiary/aromatic N) is 1. The number of amides is 1. The molecule has 1 saturated heterocycles. The predicted molar refractivity (Wildman–Crippen MR) is 119 cm³/mol. The molecular formula is C24H30N2O4S. The molecule has 2 heterocycles. The summed E-state index contributed by atoms with van der Waals surface area (Å²) in [4.78, 5) is 13.5. The van der Waals surface area contributed by atoms with E-state index in [1.165, 1.54) is 4.31 Å². The highest BCUT2D eigenvalue weighted by molar-refractivity contribution is 7.89. The van der Waals surface area contributed by atoms with E-state index in [0.717, 1.165) is 16.9 Å². The predicted octanol–water partition coefficient (Wildman–Crippen LogP) is 3.81. The van der Waals surface area contributed by atoms with E-state index in [1.54, 1.807) is 30.3 Å². The number of sulfonamides is 1. The molecule has 0 aromatic heterocycles. The smallest absolute Gasteiger partial charge is 0.243 e. The number of hydrogen-bond donors (Lipinski definition) is 1. The summed E-state index contributed by atoms with van der Waals surface area (Å²) in [5, 5.41) is 3.20. The van der Waals surface area contributed by atoms with Gasteiger partial charge in [-0.15, -0.1) is 0 Å². The normalized spacial score (nSPS) is 23.5. The molecular weight excluding hydrogens is 412 g/mol. The molecule has 7 heteroatoms. The highest BCUT2D eigenvalue weighted by Gasteiger charge is 2.38. The summed E-state index contributed by atoms with van der Waals surface area (Å²) in [5.41, 5.74) is 1.70. The van der Waals surface area contributed by atoms with Gasteiger partial charge in [0.2, 0.25) is 15.9 Å². The molecule has 0 spiro atoms. The number of hydrogen-bond acceptors (Lipinski definition) is 4. The van der Waals surface area contributed by atoms with Crippen LogP contribution in [0.3, 0.4) is 0 Å². The van der Waals surface area contributed by atoms with Crippen LogP contribution in [-0.4, -0.2) is 37.3 Å². The number of rotatable bonds is 4. The van der Waals surface area contributed by atoms with Crippen LogP contribution < -0.4 is 10.1 Å². The number of piperidine rings is 1. The third kappa shape index (κ3) is 4.62. The zero-order chi connectivity index (χ0) is 22.2. The SMILES string of the molecule is Cc1ccc2c(c1)[C@H](NC(=O)[C@@H]1CCCN(S(=O)(=O)c3ccccc3)C1)CC(C)(C)O2. The van der Waals surface area contributed by atoms with Crippen LogP contribution in [0.1, 0.15) is 50.3 Å². The van der Waals surface area contributed by atoms with Crippen molar-refractivity contribution in [1.29, 1.82) is 0 Å². The molecule has 2 atom stereocenters. The van der Waals surface area contributed by atoms with Gasteiger partial charge in [0.1, 0.15) is 11.4 Å². The van der Waals surface area contributed by atoms with Crippen LogP contribution in [-0.2, 0) is 14.8 Å². The molecule has 2 aliphatic heterocycles. The molecule has 1 fully saturated rings. The molecule has 4 rings (SSSR count). The first-order chi connectivity index (χ1) is 14.7. The molecule has 0 saturated carbocycles. The second-order valence-corrected chi connectivity index (χ2v) is 11.1. The second-order valence-electron chi connectivity index (χ2n) is 9.18. The lowest BCUT2D eigenvalue weighted by atomic mass is 9.88. The van der Waals surface area contributed by atoms with E-state index in [-0.39, 0.29) is 29.3 Å². The molecule has 31 heavy (non-hydrogen) atoms. The van der Waals surface area contributed by atoms with Gasteiger partial charge in [-0.3, -0.25) is 4.79 Å². The number of fused-ring (bicyclic) bond motifs is 1. The summed E-state index contributed by atoms with van der Waals surface area (Å²) < 4.78 is 33.6. The molecule has 0 bridgehead atoms. The zero-order valence-corrected chi connectivity index (χ0v) is 19.1.